The Bertz CT molecular complexity index is 726. The molecule has 92 valence electrons. The zero-order valence-electron chi connectivity index (χ0n) is 9.18. The standard InChI is InChI=1S/C10H10ClNO4S/c1-6(2)12-8-4-3-7(17(11,14)15)5-9(8)16-10(12)13/h3-6H,1-2H3. The van der Waals surface area contributed by atoms with Crippen LogP contribution in [0.3, 0.4) is 0 Å². The van der Waals surface area contributed by atoms with Crippen molar-refractivity contribution < 1.29 is 12.8 Å². The molecule has 0 atom stereocenters. The number of hydrogen-bond acceptors (Lipinski definition) is 4. The lowest BCUT2D eigenvalue weighted by atomic mass is 10.3. The Hall–Kier alpha value is -1.27. The molecule has 0 spiro atoms. The van der Waals surface area contributed by atoms with E-state index in [0.29, 0.717) is 5.52 Å². The molecule has 17 heavy (non-hydrogen) atoms. The molecule has 0 fully saturated rings. The van der Waals surface area contributed by atoms with E-state index in [-0.39, 0.29) is 16.5 Å². The van der Waals surface area contributed by atoms with Crippen molar-refractivity contribution in [3.63, 3.8) is 0 Å². The van der Waals surface area contributed by atoms with E-state index in [1.165, 1.54) is 22.8 Å². The minimum absolute atomic E-state index is 0.0674. The van der Waals surface area contributed by atoms with Crippen molar-refractivity contribution in [1.82, 2.24) is 4.57 Å². The molecule has 5 nitrogen and oxygen atoms in total. The fraction of sp³-hybridized carbons (Fsp3) is 0.300. The van der Waals surface area contributed by atoms with Crippen molar-refractivity contribution in [3.05, 3.63) is 28.7 Å². The number of oxazole rings is 1. The van der Waals surface area contributed by atoms with Gasteiger partial charge in [-0.3, -0.25) is 4.57 Å². The predicted octanol–water partition coefficient (Wildman–Crippen LogP) is 2.10. The number of hydrogen-bond donors (Lipinski definition) is 0. The van der Waals surface area contributed by atoms with Crippen molar-refractivity contribution >= 4 is 30.8 Å². The van der Waals surface area contributed by atoms with Gasteiger partial charge in [-0.05, 0) is 26.0 Å². The Morgan fingerprint density at radius 2 is 2.00 bits per heavy atom. The average molecular weight is 276 g/mol. The zero-order valence-corrected chi connectivity index (χ0v) is 10.7. The third-order valence-corrected chi connectivity index (χ3v) is 3.73. The Morgan fingerprint density at radius 1 is 1.35 bits per heavy atom. The number of fused-ring (bicyclic) bond motifs is 1. The summed E-state index contributed by atoms with van der Waals surface area (Å²) in [6.45, 7) is 3.67. The first kappa shape index (κ1) is 12.2. The van der Waals surface area contributed by atoms with Crippen LogP contribution in [0.2, 0.25) is 0 Å². The summed E-state index contributed by atoms with van der Waals surface area (Å²) in [5.41, 5.74) is 0.763. The molecule has 0 saturated carbocycles. The van der Waals surface area contributed by atoms with Crippen LogP contribution >= 0.6 is 10.7 Å². The van der Waals surface area contributed by atoms with Gasteiger partial charge in [-0.1, -0.05) is 0 Å². The van der Waals surface area contributed by atoms with E-state index < -0.39 is 14.8 Å². The molecule has 7 heteroatoms. The molecule has 2 rings (SSSR count). The molecular formula is C10H10ClNO4S. The highest BCUT2D eigenvalue weighted by molar-refractivity contribution is 8.13. The van der Waals surface area contributed by atoms with Crippen LogP contribution in [0.4, 0.5) is 0 Å². The van der Waals surface area contributed by atoms with Gasteiger partial charge in [0.1, 0.15) is 0 Å². The lowest BCUT2D eigenvalue weighted by Crippen LogP contribution is -2.15. The first-order chi connectivity index (χ1) is 7.80. The van der Waals surface area contributed by atoms with Gasteiger partial charge < -0.3 is 4.42 Å². The highest BCUT2D eigenvalue weighted by atomic mass is 35.7. The molecule has 0 aliphatic rings. The maximum absolute atomic E-state index is 11.6. The quantitative estimate of drug-likeness (QED) is 0.787. The Kier molecular flexibility index (Phi) is 2.79. The van der Waals surface area contributed by atoms with Gasteiger partial charge in [0.25, 0.3) is 9.05 Å². The molecule has 0 aliphatic carbocycles. The van der Waals surface area contributed by atoms with Gasteiger partial charge in [0.15, 0.2) is 5.58 Å². The molecular weight excluding hydrogens is 266 g/mol. The lowest BCUT2D eigenvalue weighted by molar-refractivity contribution is 0.478. The van der Waals surface area contributed by atoms with Gasteiger partial charge in [0.2, 0.25) is 0 Å². The predicted molar refractivity (Wildman–Crippen MR) is 63.9 cm³/mol. The Morgan fingerprint density at radius 3 is 2.53 bits per heavy atom. The van der Waals surface area contributed by atoms with Crippen molar-refractivity contribution in [2.45, 2.75) is 24.8 Å². The minimum Gasteiger partial charge on any atom is -0.408 e. The third-order valence-electron chi connectivity index (χ3n) is 2.38. The van der Waals surface area contributed by atoms with Crippen molar-refractivity contribution in [2.75, 3.05) is 0 Å². The maximum Gasteiger partial charge on any atom is 0.420 e. The first-order valence-corrected chi connectivity index (χ1v) is 7.21. The normalized spacial score (nSPS) is 12.5. The number of halogens is 1. The highest BCUT2D eigenvalue weighted by Crippen LogP contribution is 2.22. The summed E-state index contributed by atoms with van der Waals surface area (Å²) in [5, 5.41) is 0. The molecule has 1 aromatic heterocycles. The van der Waals surface area contributed by atoms with Gasteiger partial charge >= 0.3 is 5.76 Å². The van der Waals surface area contributed by atoms with Crippen LogP contribution in [0, 0.1) is 0 Å². The van der Waals surface area contributed by atoms with Gasteiger partial charge in [0, 0.05) is 22.8 Å². The topological polar surface area (TPSA) is 69.3 Å². The summed E-state index contributed by atoms with van der Waals surface area (Å²) in [5.74, 6) is -0.515. The number of benzene rings is 1. The number of aromatic nitrogens is 1. The van der Waals surface area contributed by atoms with E-state index >= 15 is 0 Å². The molecule has 0 aliphatic heterocycles. The molecule has 0 N–H and O–H groups in total. The smallest absolute Gasteiger partial charge is 0.408 e. The molecule has 0 saturated heterocycles. The lowest BCUT2D eigenvalue weighted by Gasteiger charge is -2.04. The molecule has 1 aromatic carbocycles. The fourth-order valence-electron chi connectivity index (χ4n) is 1.66. The monoisotopic (exact) mass is 275 g/mol. The van der Waals surface area contributed by atoms with Crippen LogP contribution in [-0.2, 0) is 9.05 Å². The van der Waals surface area contributed by atoms with Crippen molar-refractivity contribution in [1.29, 1.82) is 0 Å². The summed E-state index contributed by atoms with van der Waals surface area (Å²) in [6.07, 6.45) is 0. The van der Waals surface area contributed by atoms with E-state index in [9.17, 15) is 13.2 Å². The SMILES string of the molecule is CC(C)n1c(=O)oc2cc(S(=O)(=O)Cl)ccc21. The Balaban J connectivity index is 2.79. The van der Waals surface area contributed by atoms with Crippen molar-refractivity contribution in [2.24, 2.45) is 0 Å². The number of rotatable bonds is 2. The third kappa shape index (κ3) is 2.10. The molecule has 0 radical (unpaired) electrons. The average Bonchev–Trinajstić information content (AvgIpc) is 2.50. The Labute approximate surface area is 102 Å². The van der Waals surface area contributed by atoms with E-state index in [4.69, 9.17) is 15.1 Å². The fourth-order valence-corrected chi connectivity index (χ4v) is 2.42. The van der Waals surface area contributed by atoms with E-state index in [1.54, 1.807) is 0 Å². The van der Waals surface area contributed by atoms with E-state index in [1.807, 2.05) is 13.8 Å². The summed E-state index contributed by atoms with van der Waals surface area (Å²) in [6, 6.07) is 4.04. The van der Waals surface area contributed by atoms with Crippen LogP contribution in [0.1, 0.15) is 19.9 Å². The van der Waals surface area contributed by atoms with Gasteiger partial charge in [-0.2, -0.15) is 0 Å². The van der Waals surface area contributed by atoms with Crippen LogP contribution in [0.5, 0.6) is 0 Å². The van der Waals surface area contributed by atoms with Crippen LogP contribution in [-0.4, -0.2) is 13.0 Å². The zero-order chi connectivity index (χ0) is 12.8. The summed E-state index contributed by atoms with van der Waals surface area (Å²) < 4.78 is 28.7. The highest BCUT2D eigenvalue weighted by Gasteiger charge is 2.16. The van der Waals surface area contributed by atoms with E-state index in [2.05, 4.69) is 0 Å². The summed E-state index contributed by atoms with van der Waals surface area (Å²) in [7, 11) is 1.40. The van der Waals surface area contributed by atoms with Crippen molar-refractivity contribution in [3.8, 4) is 0 Å². The number of nitrogens with zero attached hydrogens (tertiary/aromatic N) is 1. The molecule has 1 heterocycles. The van der Waals surface area contributed by atoms with Crippen LogP contribution < -0.4 is 5.76 Å². The van der Waals surface area contributed by atoms with Gasteiger partial charge in [0.05, 0.1) is 10.4 Å². The molecule has 0 unspecified atom stereocenters. The molecule has 2 aromatic rings. The second kappa shape index (κ2) is 3.89. The van der Waals surface area contributed by atoms with Crippen LogP contribution in [0.25, 0.3) is 11.1 Å². The van der Waals surface area contributed by atoms with E-state index in [0.717, 1.165) is 0 Å². The van der Waals surface area contributed by atoms with Gasteiger partial charge in [-0.15, -0.1) is 0 Å². The second-order valence-corrected chi connectivity index (χ2v) is 6.47. The first-order valence-electron chi connectivity index (χ1n) is 4.90. The van der Waals surface area contributed by atoms with Gasteiger partial charge in [-0.25, -0.2) is 13.2 Å². The van der Waals surface area contributed by atoms with Crippen LogP contribution in [0.15, 0.2) is 32.3 Å². The molecule has 0 bridgehead atoms. The largest absolute Gasteiger partial charge is 0.420 e. The minimum atomic E-state index is -3.82. The second-order valence-electron chi connectivity index (χ2n) is 3.90. The summed E-state index contributed by atoms with van der Waals surface area (Å²) in [4.78, 5) is 11.5. The summed E-state index contributed by atoms with van der Waals surface area (Å²) >= 11 is 0. The maximum atomic E-state index is 11.6. The molecule has 0 amide bonds.